The Balaban J connectivity index is 1.59. The highest BCUT2D eigenvalue weighted by Crippen LogP contribution is 2.31. The summed E-state index contributed by atoms with van der Waals surface area (Å²) in [5.74, 6) is 1.35. The van der Waals surface area contributed by atoms with Crippen LogP contribution in [0.5, 0.6) is 5.75 Å². The molecule has 1 N–H and O–H groups in total. The summed E-state index contributed by atoms with van der Waals surface area (Å²) in [4.78, 5) is 12.2. The van der Waals surface area contributed by atoms with Crippen LogP contribution in [0.3, 0.4) is 0 Å². The first-order chi connectivity index (χ1) is 11.1. The number of nitrogens with zero attached hydrogens (tertiary/aromatic N) is 2. The van der Waals surface area contributed by atoms with Crippen LogP contribution in [0.1, 0.15) is 42.9 Å². The summed E-state index contributed by atoms with van der Waals surface area (Å²) in [5.41, 5.74) is 2.14. The van der Waals surface area contributed by atoms with Gasteiger partial charge in [-0.3, -0.25) is 4.79 Å². The molecule has 1 fully saturated rings. The van der Waals surface area contributed by atoms with Crippen molar-refractivity contribution in [1.82, 2.24) is 9.78 Å². The number of carbonyl (C=O) groups is 1. The molecule has 0 radical (unpaired) electrons. The Kier molecular flexibility index (Phi) is 4.65. The van der Waals surface area contributed by atoms with Crippen LogP contribution in [-0.2, 0) is 4.79 Å². The molecule has 1 heterocycles. The van der Waals surface area contributed by atoms with Gasteiger partial charge in [0.2, 0.25) is 0 Å². The summed E-state index contributed by atoms with van der Waals surface area (Å²) in [5, 5.41) is 7.26. The fourth-order valence-electron chi connectivity index (χ4n) is 3.04. The Morgan fingerprint density at radius 1 is 1.30 bits per heavy atom. The van der Waals surface area contributed by atoms with Gasteiger partial charge < -0.3 is 10.1 Å². The molecule has 5 heteroatoms. The molecule has 1 aromatic heterocycles. The maximum atomic E-state index is 12.2. The Morgan fingerprint density at radius 2 is 2.09 bits per heavy atom. The minimum Gasteiger partial charge on any atom is -0.483 e. The van der Waals surface area contributed by atoms with Crippen molar-refractivity contribution in [3.63, 3.8) is 0 Å². The first kappa shape index (κ1) is 15.6. The molecule has 122 valence electrons. The van der Waals surface area contributed by atoms with Gasteiger partial charge in [-0.2, -0.15) is 5.10 Å². The van der Waals surface area contributed by atoms with E-state index in [-0.39, 0.29) is 12.5 Å². The number of anilines is 1. The topological polar surface area (TPSA) is 56.1 Å². The van der Waals surface area contributed by atoms with Crippen LogP contribution < -0.4 is 10.1 Å². The van der Waals surface area contributed by atoms with E-state index in [2.05, 4.69) is 10.4 Å². The monoisotopic (exact) mass is 313 g/mol. The van der Waals surface area contributed by atoms with Crippen LogP contribution in [0.15, 0.2) is 30.5 Å². The van der Waals surface area contributed by atoms with E-state index in [4.69, 9.17) is 4.74 Å². The number of amides is 1. The number of hydrogen-bond acceptors (Lipinski definition) is 3. The molecule has 1 saturated carbocycles. The van der Waals surface area contributed by atoms with Crippen molar-refractivity contribution in [2.75, 3.05) is 11.9 Å². The molecule has 0 bridgehead atoms. The number of aromatic nitrogens is 2. The molecule has 0 spiro atoms. The third-order valence-electron chi connectivity index (χ3n) is 4.31. The summed E-state index contributed by atoms with van der Waals surface area (Å²) in [7, 11) is 0. The predicted molar refractivity (Wildman–Crippen MR) is 89.8 cm³/mol. The third-order valence-corrected chi connectivity index (χ3v) is 4.31. The van der Waals surface area contributed by atoms with Gasteiger partial charge in [0, 0.05) is 6.07 Å². The van der Waals surface area contributed by atoms with Crippen LogP contribution in [0, 0.1) is 13.8 Å². The molecule has 1 aliphatic carbocycles. The minimum absolute atomic E-state index is 0.000139. The van der Waals surface area contributed by atoms with Crippen molar-refractivity contribution in [1.29, 1.82) is 0 Å². The quantitative estimate of drug-likeness (QED) is 0.917. The van der Waals surface area contributed by atoms with Gasteiger partial charge in [0.25, 0.3) is 5.91 Å². The van der Waals surface area contributed by atoms with Crippen LogP contribution in [0.25, 0.3) is 0 Å². The largest absolute Gasteiger partial charge is 0.483 e. The number of aryl methyl sites for hydroxylation is 2. The minimum atomic E-state index is -0.161. The highest BCUT2D eigenvalue weighted by Gasteiger charge is 2.20. The lowest BCUT2D eigenvalue weighted by molar-refractivity contribution is -0.118. The number of ether oxygens (including phenoxy) is 1. The van der Waals surface area contributed by atoms with Crippen molar-refractivity contribution in [2.45, 2.75) is 45.6 Å². The van der Waals surface area contributed by atoms with Crippen molar-refractivity contribution >= 4 is 11.7 Å². The van der Waals surface area contributed by atoms with Crippen molar-refractivity contribution in [3.05, 3.63) is 41.6 Å². The molecule has 1 aliphatic rings. The zero-order valence-electron chi connectivity index (χ0n) is 13.7. The van der Waals surface area contributed by atoms with Gasteiger partial charge in [0.15, 0.2) is 6.61 Å². The summed E-state index contributed by atoms with van der Waals surface area (Å²) in [6, 6.07) is 8.22. The van der Waals surface area contributed by atoms with Crippen LogP contribution in [0.4, 0.5) is 5.82 Å². The van der Waals surface area contributed by atoms with E-state index in [1.165, 1.54) is 12.8 Å². The molecule has 1 aromatic carbocycles. The van der Waals surface area contributed by atoms with E-state index in [1.807, 2.05) is 42.8 Å². The Labute approximate surface area is 136 Å². The average molecular weight is 313 g/mol. The van der Waals surface area contributed by atoms with E-state index in [9.17, 15) is 4.79 Å². The smallest absolute Gasteiger partial charge is 0.263 e. The number of benzene rings is 1. The van der Waals surface area contributed by atoms with Crippen LogP contribution >= 0.6 is 0 Å². The molecule has 0 unspecified atom stereocenters. The fourth-order valence-corrected chi connectivity index (χ4v) is 3.04. The predicted octanol–water partition coefficient (Wildman–Crippen LogP) is 3.63. The van der Waals surface area contributed by atoms with Gasteiger partial charge in [0.1, 0.15) is 11.6 Å². The van der Waals surface area contributed by atoms with E-state index < -0.39 is 0 Å². The Hall–Kier alpha value is -2.30. The summed E-state index contributed by atoms with van der Waals surface area (Å²) >= 11 is 0. The van der Waals surface area contributed by atoms with Gasteiger partial charge in [-0.1, -0.05) is 25.0 Å². The lowest BCUT2D eigenvalue weighted by Crippen LogP contribution is -2.23. The van der Waals surface area contributed by atoms with Crippen molar-refractivity contribution < 1.29 is 9.53 Å². The molecule has 0 aliphatic heterocycles. The standard InChI is InChI=1S/C18H23N3O2/c1-13-7-8-14(2)16(11-13)23-12-18(22)20-17-9-10-19-21(17)15-5-3-4-6-15/h7-11,15H,3-6,12H2,1-2H3,(H,20,22). The SMILES string of the molecule is Cc1ccc(C)c(OCC(=O)Nc2ccnn2C2CCCC2)c1. The lowest BCUT2D eigenvalue weighted by Gasteiger charge is -2.15. The van der Waals surface area contributed by atoms with Gasteiger partial charge >= 0.3 is 0 Å². The summed E-state index contributed by atoms with van der Waals surface area (Å²) < 4.78 is 7.59. The fraction of sp³-hybridized carbons (Fsp3) is 0.444. The zero-order valence-corrected chi connectivity index (χ0v) is 13.7. The highest BCUT2D eigenvalue weighted by atomic mass is 16.5. The molecule has 23 heavy (non-hydrogen) atoms. The van der Waals surface area contributed by atoms with Crippen molar-refractivity contribution in [3.8, 4) is 5.75 Å². The van der Waals surface area contributed by atoms with E-state index in [0.717, 1.165) is 35.5 Å². The van der Waals surface area contributed by atoms with Gasteiger partial charge in [0.05, 0.1) is 12.2 Å². The maximum absolute atomic E-state index is 12.2. The maximum Gasteiger partial charge on any atom is 0.263 e. The number of carbonyl (C=O) groups excluding carboxylic acids is 1. The van der Waals surface area contributed by atoms with E-state index in [1.54, 1.807) is 6.20 Å². The van der Waals surface area contributed by atoms with Gasteiger partial charge in [-0.05, 0) is 43.9 Å². The molecule has 5 nitrogen and oxygen atoms in total. The second-order valence-corrected chi connectivity index (χ2v) is 6.21. The normalized spacial score (nSPS) is 14.9. The molecule has 0 atom stereocenters. The second-order valence-electron chi connectivity index (χ2n) is 6.21. The first-order valence-electron chi connectivity index (χ1n) is 8.17. The Bertz CT molecular complexity index is 687. The van der Waals surface area contributed by atoms with E-state index >= 15 is 0 Å². The van der Waals surface area contributed by atoms with Gasteiger partial charge in [-0.15, -0.1) is 0 Å². The lowest BCUT2D eigenvalue weighted by atomic mass is 10.1. The molecule has 3 rings (SSSR count). The molecule has 0 saturated heterocycles. The van der Waals surface area contributed by atoms with Crippen molar-refractivity contribution in [2.24, 2.45) is 0 Å². The van der Waals surface area contributed by atoms with Crippen LogP contribution in [0.2, 0.25) is 0 Å². The second kappa shape index (κ2) is 6.86. The number of rotatable bonds is 5. The Morgan fingerprint density at radius 3 is 2.87 bits per heavy atom. The highest BCUT2D eigenvalue weighted by molar-refractivity contribution is 5.91. The summed E-state index contributed by atoms with van der Waals surface area (Å²) in [6.45, 7) is 3.98. The van der Waals surface area contributed by atoms with Gasteiger partial charge in [-0.25, -0.2) is 4.68 Å². The molecular formula is C18H23N3O2. The van der Waals surface area contributed by atoms with E-state index in [0.29, 0.717) is 6.04 Å². The zero-order chi connectivity index (χ0) is 16.2. The van der Waals surface area contributed by atoms with Crippen LogP contribution in [-0.4, -0.2) is 22.3 Å². The molecule has 1 amide bonds. The molecule has 2 aromatic rings. The average Bonchev–Trinajstić information content (AvgIpc) is 3.19. The first-order valence-corrected chi connectivity index (χ1v) is 8.17. The summed E-state index contributed by atoms with van der Waals surface area (Å²) in [6.07, 6.45) is 6.45. The number of nitrogens with one attached hydrogen (secondary N) is 1. The molecular weight excluding hydrogens is 290 g/mol. The third kappa shape index (κ3) is 3.73. The number of hydrogen-bond donors (Lipinski definition) is 1.